The Labute approximate surface area is 163 Å². The molecule has 2 saturated heterocycles. The minimum atomic E-state index is -0.259. The Kier molecular flexibility index (Phi) is 5.59. The molecule has 0 saturated carbocycles. The van der Waals surface area contributed by atoms with E-state index < -0.39 is 0 Å². The molecule has 1 aromatic heterocycles. The van der Waals surface area contributed by atoms with Crippen molar-refractivity contribution in [2.45, 2.75) is 0 Å². The number of carbonyl (C=O) groups excluding carboxylic acids is 1. The van der Waals surface area contributed by atoms with Crippen LogP contribution in [-0.2, 0) is 9.47 Å². The fourth-order valence-corrected chi connectivity index (χ4v) is 3.46. The molecule has 8 heteroatoms. The van der Waals surface area contributed by atoms with Crippen molar-refractivity contribution in [3.8, 4) is 0 Å². The minimum Gasteiger partial charge on any atom is -0.378 e. The minimum absolute atomic E-state index is 0.236. The molecule has 0 bridgehead atoms. The number of benzene rings is 1. The van der Waals surface area contributed by atoms with E-state index in [0.717, 1.165) is 56.5 Å². The first kappa shape index (κ1) is 18.5. The third-order valence-corrected chi connectivity index (χ3v) is 5.00. The Morgan fingerprint density at radius 3 is 2.25 bits per heavy atom. The van der Waals surface area contributed by atoms with Gasteiger partial charge >= 0.3 is 0 Å². The molecule has 3 heterocycles. The number of pyridine rings is 1. The Morgan fingerprint density at radius 2 is 1.61 bits per heavy atom. The van der Waals surface area contributed by atoms with Crippen molar-refractivity contribution < 1.29 is 14.3 Å². The van der Waals surface area contributed by atoms with Crippen LogP contribution in [0.15, 0.2) is 41.3 Å². The summed E-state index contributed by atoms with van der Waals surface area (Å²) in [6.45, 7) is 6.01. The highest BCUT2D eigenvalue weighted by Gasteiger charge is 2.20. The second-order valence-corrected chi connectivity index (χ2v) is 6.80. The van der Waals surface area contributed by atoms with Gasteiger partial charge in [-0.15, -0.1) is 0 Å². The lowest BCUT2D eigenvalue weighted by Gasteiger charge is -2.33. The van der Waals surface area contributed by atoms with Gasteiger partial charge in [0.1, 0.15) is 0 Å². The van der Waals surface area contributed by atoms with Crippen LogP contribution in [0.4, 0.5) is 17.1 Å². The number of anilines is 3. The Morgan fingerprint density at radius 1 is 0.929 bits per heavy atom. The maximum absolute atomic E-state index is 12.6. The predicted octanol–water partition coefficient (Wildman–Crippen LogP) is 1.30. The lowest BCUT2D eigenvalue weighted by atomic mass is 10.1. The molecule has 2 aliphatic rings. The lowest BCUT2D eigenvalue weighted by Crippen LogP contribution is -2.38. The summed E-state index contributed by atoms with van der Waals surface area (Å²) >= 11 is 0. The normalized spacial score (nSPS) is 17.4. The number of rotatable bonds is 4. The van der Waals surface area contributed by atoms with Gasteiger partial charge in [0.15, 0.2) is 0 Å². The number of ether oxygens (including phenoxy) is 2. The van der Waals surface area contributed by atoms with Gasteiger partial charge in [0.25, 0.3) is 5.91 Å². The number of aromatic nitrogens is 1. The Hall–Kier alpha value is -2.84. The largest absolute Gasteiger partial charge is 0.378 e. The van der Waals surface area contributed by atoms with Crippen LogP contribution in [0.1, 0.15) is 10.4 Å². The molecule has 2 aliphatic heterocycles. The molecule has 0 unspecified atom stereocenters. The average molecular weight is 384 g/mol. The Bertz CT molecular complexity index is 866. The SMILES string of the molecule is O=C(Nc1ccc(N2CCOCC2)cc1N1CCOCC1)c1ccc(=O)[nH]c1. The maximum Gasteiger partial charge on any atom is 0.257 e. The summed E-state index contributed by atoms with van der Waals surface area (Å²) < 4.78 is 10.9. The molecule has 8 nitrogen and oxygen atoms in total. The van der Waals surface area contributed by atoms with E-state index in [4.69, 9.17) is 9.47 Å². The number of carbonyl (C=O) groups is 1. The fraction of sp³-hybridized carbons (Fsp3) is 0.400. The number of nitrogens with zero attached hydrogens (tertiary/aromatic N) is 2. The van der Waals surface area contributed by atoms with Crippen LogP contribution in [0.25, 0.3) is 0 Å². The molecular formula is C20H24N4O4. The van der Waals surface area contributed by atoms with Crippen LogP contribution in [0.3, 0.4) is 0 Å². The first-order valence-electron chi connectivity index (χ1n) is 9.50. The van der Waals surface area contributed by atoms with E-state index in [1.807, 2.05) is 12.1 Å². The van der Waals surface area contributed by atoms with Gasteiger partial charge in [-0.3, -0.25) is 9.59 Å². The molecule has 0 radical (unpaired) electrons. The summed E-state index contributed by atoms with van der Waals surface area (Å²) in [5.74, 6) is -0.259. The molecule has 0 atom stereocenters. The zero-order chi connectivity index (χ0) is 19.3. The summed E-state index contributed by atoms with van der Waals surface area (Å²) in [7, 11) is 0. The molecular weight excluding hydrogens is 360 g/mol. The summed E-state index contributed by atoms with van der Waals surface area (Å²) in [5, 5.41) is 2.99. The van der Waals surface area contributed by atoms with E-state index >= 15 is 0 Å². The zero-order valence-corrected chi connectivity index (χ0v) is 15.6. The molecule has 4 rings (SSSR count). The van der Waals surface area contributed by atoms with Gasteiger partial charge in [0.05, 0.1) is 43.4 Å². The van der Waals surface area contributed by atoms with Crippen molar-refractivity contribution in [1.82, 2.24) is 4.98 Å². The van der Waals surface area contributed by atoms with Gasteiger partial charge in [0.2, 0.25) is 5.56 Å². The molecule has 0 spiro atoms. The number of morpholine rings is 2. The van der Waals surface area contributed by atoms with Crippen molar-refractivity contribution in [3.63, 3.8) is 0 Å². The van der Waals surface area contributed by atoms with E-state index in [-0.39, 0.29) is 11.5 Å². The summed E-state index contributed by atoms with van der Waals surface area (Å²) in [4.78, 5) is 30.9. The number of nitrogens with one attached hydrogen (secondary N) is 2. The van der Waals surface area contributed by atoms with Gasteiger partial charge in [-0.1, -0.05) is 0 Å². The smallest absolute Gasteiger partial charge is 0.257 e. The van der Waals surface area contributed by atoms with Crippen LogP contribution in [-0.4, -0.2) is 63.5 Å². The predicted molar refractivity (Wildman–Crippen MR) is 108 cm³/mol. The molecule has 1 amide bonds. The number of aromatic amines is 1. The topological polar surface area (TPSA) is 86.9 Å². The number of hydrogen-bond acceptors (Lipinski definition) is 6. The summed E-state index contributed by atoms with van der Waals surface area (Å²) in [6, 6.07) is 8.96. The van der Waals surface area contributed by atoms with Gasteiger partial charge < -0.3 is 29.6 Å². The molecule has 148 valence electrons. The van der Waals surface area contributed by atoms with Crippen molar-refractivity contribution in [1.29, 1.82) is 0 Å². The van der Waals surface area contributed by atoms with Crippen LogP contribution < -0.4 is 20.7 Å². The van der Waals surface area contributed by atoms with Crippen LogP contribution >= 0.6 is 0 Å². The van der Waals surface area contributed by atoms with E-state index in [0.29, 0.717) is 18.8 Å². The molecule has 2 fully saturated rings. The highest BCUT2D eigenvalue weighted by Crippen LogP contribution is 2.32. The van der Waals surface area contributed by atoms with Crippen molar-refractivity contribution in [2.24, 2.45) is 0 Å². The molecule has 0 aliphatic carbocycles. The molecule has 2 aromatic rings. The van der Waals surface area contributed by atoms with Gasteiger partial charge in [-0.05, 0) is 24.3 Å². The first-order valence-corrected chi connectivity index (χ1v) is 9.50. The second kappa shape index (κ2) is 8.45. The van der Waals surface area contributed by atoms with Gasteiger partial charge in [-0.2, -0.15) is 0 Å². The van der Waals surface area contributed by atoms with Crippen LogP contribution in [0, 0.1) is 0 Å². The third kappa shape index (κ3) is 4.18. The van der Waals surface area contributed by atoms with Crippen molar-refractivity contribution in [2.75, 3.05) is 67.7 Å². The van der Waals surface area contributed by atoms with Gasteiger partial charge in [0, 0.05) is 44.1 Å². The third-order valence-electron chi connectivity index (χ3n) is 5.00. The van der Waals surface area contributed by atoms with Crippen LogP contribution in [0.5, 0.6) is 0 Å². The van der Waals surface area contributed by atoms with Crippen LogP contribution in [0.2, 0.25) is 0 Å². The highest BCUT2D eigenvalue weighted by molar-refractivity contribution is 6.06. The quantitative estimate of drug-likeness (QED) is 0.826. The maximum atomic E-state index is 12.6. The zero-order valence-electron chi connectivity index (χ0n) is 15.6. The average Bonchev–Trinajstić information content (AvgIpc) is 2.75. The summed E-state index contributed by atoms with van der Waals surface area (Å²) in [5.41, 5.74) is 3.01. The first-order chi connectivity index (χ1) is 13.7. The number of hydrogen-bond donors (Lipinski definition) is 2. The number of H-pyrrole nitrogens is 1. The molecule has 28 heavy (non-hydrogen) atoms. The lowest BCUT2D eigenvalue weighted by molar-refractivity contribution is 0.102. The standard InChI is InChI=1S/C20H24N4O4/c25-19-4-1-15(14-21-19)20(26)22-17-3-2-16(23-5-9-27-10-6-23)13-18(17)24-7-11-28-12-8-24/h1-4,13-14H,5-12H2,(H,21,25)(H,22,26). The van der Waals surface area contributed by atoms with Gasteiger partial charge in [-0.25, -0.2) is 0 Å². The molecule has 1 aromatic carbocycles. The summed E-state index contributed by atoms with van der Waals surface area (Å²) in [6.07, 6.45) is 1.42. The van der Waals surface area contributed by atoms with Crippen molar-refractivity contribution >= 4 is 23.0 Å². The second-order valence-electron chi connectivity index (χ2n) is 6.80. The van der Waals surface area contributed by atoms with E-state index in [9.17, 15) is 9.59 Å². The van der Waals surface area contributed by atoms with E-state index in [1.165, 1.54) is 18.3 Å². The monoisotopic (exact) mass is 384 g/mol. The van der Waals surface area contributed by atoms with Crippen molar-refractivity contribution in [3.05, 3.63) is 52.4 Å². The van der Waals surface area contributed by atoms with E-state index in [2.05, 4.69) is 26.2 Å². The van der Waals surface area contributed by atoms with E-state index in [1.54, 1.807) is 0 Å². The molecule has 2 N–H and O–H groups in total. The fourth-order valence-electron chi connectivity index (χ4n) is 3.46. The Balaban J connectivity index is 1.61. The number of amides is 1. The highest BCUT2D eigenvalue weighted by atomic mass is 16.5.